The fourth-order valence-corrected chi connectivity index (χ4v) is 0.257. The predicted molar refractivity (Wildman–Crippen MR) is 32.1 cm³/mol. The van der Waals surface area contributed by atoms with Crippen molar-refractivity contribution < 1.29 is 14.7 Å². The number of hydrogen-bond donors (Lipinski definition) is 1. The van der Waals surface area contributed by atoms with Gasteiger partial charge in [-0.25, -0.2) is 4.79 Å². The van der Waals surface area contributed by atoms with Crippen LogP contribution in [0.15, 0.2) is 11.1 Å². The van der Waals surface area contributed by atoms with E-state index in [0.29, 0.717) is 6.29 Å². The van der Waals surface area contributed by atoms with Crippen molar-refractivity contribution in [1.29, 1.82) is 0 Å². The van der Waals surface area contributed by atoms with E-state index in [9.17, 15) is 9.59 Å². The molecule has 50 valence electrons. The average Bonchev–Trinajstić information content (AvgIpc) is 1.84. The van der Waals surface area contributed by atoms with Gasteiger partial charge in [0.1, 0.15) is 6.29 Å². The van der Waals surface area contributed by atoms with Crippen LogP contribution < -0.4 is 0 Å². The zero-order valence-corrected chi connectivity index (χ0v) is 5.34. The van der Waals surface area contributed by atoms with E-state index in [2.05, 4.69) is 0 Å². The fourth-order valence-electron chi connectivity index (χ4n) is 0.257. The number of carbonyl (C=O) groups excluding carboxylic acids is 1. The van der Waals surface area contributed by atoms with Crippen molar-refractivity contribution in [2.75, 3.05) is 0 Å². The van der Waals surface area contributed by atoms with Gasteiger partial charge in [-0.15, -0.1) is 0 Å². The molecule has 0 unspecified atom stereocenters. The highest BCUT2D eigenvalue weighted by Gasteiger charge is 2.02. The first-order valence-electron chi connectivity index (χ1n) is 2.45. The Morgan fingerprint density at radius 3 is 2.00 bits per heavy atom. The van der Waals surface area contributed by atoms with E-state index >= 15 is 0 Å². The number of rotatable bonds is 2. The average molecular weight is 128 g/mol. The summed E-state index contributed by atoms with van der Waals surface area (Å²) in [6, 6.07) is 0. The Kier molecular flexibility index (Phi) is 2.64. The highest BCUT2D eigenvalue weighted by molar-refractivity contribution is 5.93. The summed E-state index contributed by atoms with van der Waals surface area (Å²) in [5, 5.41) is 8.27. The van der Waals surface area contributed by atoms with Crippen LogP contribution in [0.25, 0.3) is 0 Å². The minimum atomic E-state index is -1.04. The Labute approximate surface area is 53.0 Å². The minimum absolute atomic E-state index is 0.102. The third-order valence-electron chi connectivity index (χ3n) is 1.09. The molecule has 0 saturated carbocycles. The van der Waals surface area contributed by atoms with Crippen molar-refractivity contribution >= 4 is 12.3 Å². The molecule has 0 fully saturated rings. The number of carboxylic acid groups (broad SMARTS) is 1. The molecule has 0 rings (SSSR count). The fraction of sp³-hybridized carbons (Fsp3) is 0.333. The van der Waals surface area contributed by atoms with Gasteiger partial charge in [0.05, 0.1) is 0 Å². The van der Waals surface area contributed by atoms with E-state index in [1.807, 2.05) is 0 Å². The molecule has 0 saturated heterocycles. The number of aldehydes is 1. The van der Waals surface area contributed by atoms with Gasteiger partial charge in [-0.1, -0.05) is 0 Å². The largest absolute Gasteiger partial charge is 0.478 e. The van der Waals surface area contributed by atoms with Gasteiger partial charge in [0.15, 0.2) is 0 Å². The molecule has 0 aromatic rings. The van der Waals surface area contributed by atoms with Crippen molar-refractivity contribution in [1.82, 2.24) is 0 Å². The molecule has 0 radical (unpaired) electrons. The molecule has 0 heterocycles. The van der Waals surface area contributed by atoms with Gasteiger partial charge in [-0.3, -0.25) is 4.79 Å². The molecule has 9 heavy (non-hydrogen) atoms. The van der Waals surface area contributed by atoms with E-state index in [1.165, 1.54) is 13.8 Å². The van der Waals surface area contributed by atoms with E-state index in [4.69, 9.17) is 5.11 Å². The first-order chi connectivity index (χ1) is 4.09. The Bertz CT molecular complexity index is 167. The van der Waals surface area contributed by atoms with Gasteiger partial charge in [0.25, 0.3) is 0 Å². The molecule has 0 spiro atoms. The topological polar surface area (TPSA) is 54.4 Å². The summed E-state index contributed by atoms with van der Waals surface area (Å²) in [7, 11) is 0. The number of allylic oxidation sites excluding steroid dienone is 1. The van der Waals surface area contributed by atoms with Gasteiger partial charge in [-0.2, -0.15) is 0 Å². The normalized spacial score (nSPS) is 12.2. The lowest BCUT2D eigenvalue weighted by Gasteiger charge is -1.91. The molecular weight excluding hydrogens is 120 g/mol. The molecule has 0 bridgehead atoms. The predicted octanol–water partition coefficient (Wildman–Crippen LogP) is 0.606. The quantitative estimate of drug-likeness (QED) is 0.437. The first kappa shape index (κ1) is 7.88. The molecule has 1 N–H and O–H groups in total. The lowest BCUT2D eigenvalue weighted by molar-refractivity contribution is -0.132. The zero-order valence-electron chi connectivity index (χ0n) is 5.34. The number of aliphatic carboxylic acids is 1. The lowest BCUT2D eigenvalue weighted by Crippen LogP contribution is -1.99. The van der Waals surface area contributed by atoms with E-state index in [1.54, 1.807) is 0 Å². The monoisotopic (exact) mass is 128 g/mol. The summed E-state index contributed by atoms with van der Waals surface area (Å²) in [5.41, 5.74) is 0.368. The molecular formula is C6H8O3. The van der Waals surface area contributed by atoms with Crippen molar-refractivity contribution in [3.8, 4) is 0 Å². The summed E-state index contributed by atoms with van der Waals surface area (Å²) < 4.78 is 0. The van der Waals surface area contributed by atoms with Crippen LogP contribution in [-0.4, -0.2) is 17.4 Å². The highest BCUT2D eigenvalue weighted by atomic mass is 16.4. The maximum atomic E-state index is 10.1. The van der Waals surface area contributed by atoms with Crippen molar-refractivity contribution in [2.24, 2.45) is 0 Å². The third-order valence-corrected chi connectivity index (χ3v) is 1.09. The Hall–Kier alpha value is -1.12. The third kappa shape index (κ3) is 2.08. The van der Waals surface area contributed by atoms with Crippen LogP contribution >= 0.6 is 0 Å². The zero-order chi connectivity index (χ0) is 7.44. The number of hydrogen-bond acceptors (Lipinski definition) is 2. The first-order valence-corrected chi connectivity index (χ1v) is 2.45. The smallest absolute Gasteiger partial charge is 0.331 e. The maximum absolute atomic E-state index is 10.1. The van der Waals surface area contributed by atoms with Crippen molar-refractivity contribution in [2.45, 2.75) is 13.8 Å². The molecule has 3 nitrogen and oxygen atoms in total. The standard InChI is InChI=1S/C6H8O3/c1-4(3-7)5(2)6(8)9/h3H,1-2H3,(H,8,9). The highest BCUT2D eigenvalue weighted by Crippen LogP contribution is 1.98. The van der Waals surface area contributed by atoms with Gasteiger partial charge < -0.3 is 5.11 Å². The molecule has 0 aromatic heterocycles. The van der Waals surface area contributed by atoms with E-state index in [-0.39, 0.29) is 11.1 Å². The number of carbonyl (C=O) groups is 2. The Morgan fingerprint density at radius 2 is 1.89 bits per heavy atom. The number of carboxylic acids is 1. The van der Waals surface area contributed by atoms with Crippen LogP contribution in [0.4, 0.5) is 0 Å². The minimum Gasteiger partial charge on any atom is -0.478 e. The molecule has 0 aliphatic carbocycles. The van der Waals surface area contributed by atoms with Crippen LogP contribution in [-0.2, 0) is 9.59 Å². The molecule has 0 aliphatic rings. The second kappa shape index (κ2) is 3.02. The van der Waals surface area contributed by atoms with Crippen molar-refractivity contribution in [3.05, 3.63) is 11.1 Å². The van der Waals surface area contributed by atoms with E-state index in [0.717, 1.165) is 0 Å². The summed E-state index contributed by atoms with van der Waals surface area (Å²) >= 11 is 0. The van der Waals surface area contributed by atoms with Crippen molar-refractivity contribution in [3.63, 3.8) is 0 Å². The molecule has 0 atom stereocenters. The van der Waals surface area contributed by atoms with Crippen LogP contribution in [0.2, 0.25) is 0 Å². The van der Waals surface area contributed by atoms with Crippen LogP contribution in [0.1, 0.15) is 13.8 Å². The second-order valence-corrected chi connectivity index (χ2v) is 1.73. The van der Waals surface area contributed by atoms with Gasteiger partial charge in [0.2, 0.25) is 0 Å². The summed E-state index contributed by atoms with van der Waals surface area (Å²) in [5.74, 6) is -1.04. The second-order valence-electron chi connectivity index (χ2n) is 1.73. The van der Waals surface area contributed by atoms with Gasteiger partial charge in [0, 0.05) is 5.57 Å². The molecule has 0 aliphatic heterocycles. The Morgan fingerprint density at radius 1 is 1.44 bits per heavy atom. The molecule has 3 heteroatoms. The molecule has 0 amide bonds. The van der Waals surface area contributed by atoms with Crippen LogP contribution in [0.3, 0.4) is 0 Å². The van der Waals surface area contributed by atoms with Crippen LogP contribution in [0.5, 0.6) is 0 Å². The summed E-state index contributed by atoms with van der Waals surface area (Å²) in [6.45, 7) is 2.86. The summed E-state index contributed by atoms with van der Waals surface area (Å²) in [6.07, 6.45) is 0.531. The lowest BCUT2D eigenvalue weighted by atomic mass is 10.2. The van der Waals surface area contributed by atoms with Crippen LogP contribution in [0, 0.1) is 0 Å². The summed E-state index contributed by atoms with van der Waals surface area (Å²) in [4.78, 5) is 20.0. The van der Waals surface area contributed by atoms with Gasteiger partial charge >= 0.3 is 5.97 Å². The SMILES string of the molecule is CC(C=O)=C(C)C(=O)O. The Balaban J connectivity index is 4.47. The molecule has 0 aromatic carbocycles. The van der Waals surface area contributed by atoms with Gasteiger partial charge in [-0.05, 0) is 19.4 Å². The van der Waals surface area contributed by atoms with E-state index < -0.39 is 5.97 Å². The maximum Gasteiger partial charge on any atom is 0.331 e.